The van der Waals surface area contributed by atoms with Crippen molar-refractivity contribution in [2.45, 2.75) is 38.8 Å². The zero-order chi connectivity index (χ0) is 19.1. The maximum Gasteiger partial charge on any atom is 0.242 e. The van der Waals surface area contributed by atoms with Crippen molar-refractivity contribution in [2.24, 2.45) is 0 Å². The number of carbonyl (C=O) groups is 1. The van der Waals surface area contributed by atoms with Crippen molar-refractivity contribution in [3.63, 3.8) is 0 Å². The van der Waals surface area contributed by atoms with E-state index in [0.29, 0.717) is 6.54 Å². The summed E-state index contributed by atoms with van der Waals surface area (Å²) < 4.78 is 0. The molecule has 2 aromatic rings. The molecule has 0 aliphatic carbocycles. The smallest absolute Gasteiger partial charge is 0.242 e. The first kappa shape index (κ1) is 20.1. The Morgan fingerprint density at radius 3 is 2.41 bits per heavy atom. The van der Waals surface area contributed by atoms with Gasteiger partial charge in [0, 0.05) is 11.4 Å². The number of nitrogens with zero attached hydrogens (tertiary/aromatic N) is 2. The monoisotopic (exact) mass is 385 g/mol. The van der Waals surface area contributed by atoms with Gasteiger partial charge in [-0.2, -0.15) is 0 Å². The summed E-state index contributed by atoms with van der Waals surface area (Å²) in [5.41, 5.74) is 1.06. The van der Waals surface area contributed by atoms with Gasteiger partial charge < -0.3 is 5.32 Å². The molecule has 0 spiro atoms. The quantitative estimate of drug-likeness (QED) is 0.706. The van der Waals surface area contributed by atoms with Crippen molar-refractivity contribution < 1.29 is 4.79 Å². The van der Waals surface area contributed by atoms with E-state index in [4.69, 9.17) is 0 Å². The second kappa shape index (κ2) is 10.0. The molecule has 0 bridgehead atoms. The molecule has 3 rings (SSSR count). The number of nitrogens with one attached hydrogen (secondary N) is 1. The van der Waals surface area contributed by atoms with Gasteiger partial charge in [-0.05, 0) is 56.0 Å². The van der Waals surface area contributed by atoms with Gasteiger partial charge in [-0.15, -0.1) is 11.3 Å². The number of benzene rings is 1. The number of amides is 1. The minimum atomic E-state index is -0.233. The van der Waals surface area contributed by atoms with E-state index in [1.54, 1.807) is 11.3 Å². The predicted molar refractivity (Wildman–Crippen MR) is 113 cm³/mol. The van der Waals surface area contributed by atoms with E-state index in [1.807, 2.05) is 18.2 Å². The average molecular weight is 386 g/mol. The molecule has 146 valence electrons. The minimum Gasteiger partial charge on any atom is -0.352 e. The molecule has 1 aliphatic rings. The Hall–Kier alpha value is -1.69. The van der Waals surface area contributed by atoms with Crippen LogP contribution in [-0.2, 0) is 4.79 Å². The predicted octanol–water partition coefficient (Wildman–Crippen LogP) is 4.08. The molecule has 27 heavy (non-hydrogen) atoms. The zero-order valence-corrected chi connectivity index (χ0v) is 17.3. The molecule has 1 fully saturated rings. The van der Waals surface area contributed by atoms with Gasteiger partial charge in [-0.3, -0.25) is 14.6 Å². The summed E-state index contributed by atoms with van der Waals surface area (Å²) in [6, 6.07) is 14.5. The summed E-state index contributed by atoms with van der Waals surface area (Å²) in [5.74, 6) is 0.102. The van der Waals surface area contributed by atoms with Crippen molar-refractivity contribution in [1.82, 2.24) is 15.1 Å². The van der Waals surface area contributed by atoms with Crippen LogP contribution in [0.15, 0.2) is 47.8 Å². The van der Waals surface area contributed by atoms with Crippen LogP contribution in [0.5, 0.6) is 0 Å². The average Bonchev–Trinajstić information content (AvgIpc) is 3.41. The van der Waals surface area contributed by atoms with E-state index in [2.05, 4.69) is 58.6 Å². The number of hydrogen-bond acceptors (Lipinski definition) is 4. The highest BCUT2D eigenvalue weighted by Gasteiger charge is 2.29. The molecule has 1 saturated heterocycles. The lowest BCUT2D eigenvalue weighted by Crippen LogP contribution is -2.43. The van der Waals surface area contributed by atoms with Crippen molar-refractivity contribution in [2.75, 3.05) is 32.7 Å². The fourth-order valence-electron chi connectivity index (χ4n) is 3.99. The molecule has 1 amide bonds. The maximum atomic E-state index is 13.2. The summed E-state index contributed by atoms with van der Waals surface area (Å²) in [4.78, 5) is 19.3. The Bertz CT molecular complexity index is 679. The molecule has 0 saturated carbocycles. The van der Waals surface area contributed by atoms with Crippen LogP contribution in [0.25, 0.3) is 0 Å². The van der Waals surface area contributed by atoms with Crippen LogP contribution in [0.3, 0.4) is 0 Å². The Kier molecular flexibility index (Phi) is 7.44. The van der Waals surface area contributed by atoms with Gasteiger partial charge in [0.1, 0.15) is 6.04 Å². The van der Waals surface area contributed by atoms with E-state index < -0.39 is 0 Å². The molecule has 2 unspecified atom stereocenters. The third-order valence-corrected chi connectivity index (χ3v) is 6.44. The largest absolute Gasteiger partial charge is 0.352 e. The second-order valence-electron chi connectivity index (χ2n) is 7.05. The highest BCUT2D eigenvalue weighted by molar-refractivity contribution is 7.10. The summed E-state index contributed by atoms with van der Waals surface area (Å²) in [6.07, 6.45) is 2.50. The Labute approximate surface area is 167 Å². The number of carbonyl (C=O) groups excluding carboxylic acids is 1. The van der Waals surface area contributed by atoms with E-state index in [-0.39, 0.29) is 18.0 Å². The van der Waals surface area contributed by atoms with Gasteiger partial charge in [0.05, 0.1) is 6.04 Å². The fraction of sp³-hybridized carbons (Fsp3) is 0.500. The topological polar surface area (TPSA) is 35.6 Å². The molecule has 4 nitrogen and oxygen atoms in total. The summed E-state index contributed by atoms with van der Waals surface area (Å²) in [7, 11) is 0. The molecule has 5 heteroatoms. The summed E-state index contributed by atoms with van der Waals surface area (Å²) in [6.45, 7) is 8.85. The summed E-state index contributed by atoms with van der Waals surface area (Å²) in [5, 5.41) is 5.41. The highest BCUT2D eigenvalue weighted by Crippen LogP contribution is 2.28. The van der Waals surface area contributed by atoms with E-state index in [9.17, 15) is 4.79 Å². The molecule has 1 aromatic carbocycles. The fourth-order valence-corrected chi connectivity index (χ4v) is 4.85. The first-order valence-electron chi connectivity index (χ1n) is 10.1. The molecule has 0 radical (unpaired) electrons. The summed E-state index contributed by atoms with van der Waals surface area (Å²) >= 11 is 1.79. The third-order valence-electron chi connectivity index (χ3n) is 5.46. The molecular weight excluding hydrogens is 354 g/mol. The SMILES string of the molecule is CCN(CC)C(C(=O)NCC(c1cccs1)N1CCCC1)c1ccccc1. The highest BCUT2D eigenvalue weighted by atomic mass is 32.1. The van der Waals surface area contributed by atoms with Crippen LogP contribution in [-0.4, -0.2) is 48.4 Å². The van der Waals surface area contributed by atoms with Gasteiger partial charge in [-0.25, -0.2) is 0 Å². The Balaban J connectivity index is 1.74. The van der Waals surface area contributed by atoms with Crippen molar-refractivity contribution in [3.05, 3.63) is 58.3 Å². The number of likely N-dealkylation sites (N-methyl/N-ethyl adjacent to an activating group) is 1. The minimum absolute atomic E-state index is 0.102. The first-order chi connectivity index (χ1) is 13.2. The number of rotatable bonds is 9. The lowest BCUT2D eigenvalue weighted by atomic mass is 10.0. The molecule has 2 atom stereocenters. The van der Waals surface area contributed by atoms with Crippen molar-refractivity contribution in [3.8, 4) is 0 Å². The molecule has 1 N–H and O–H groups in total. The third kappa shape index (κ3) is 4.98. The molecular formula is C22H31N3OS. The van der Waals surface area contributed by atoms with Gasteiger partial charge in [0.25, 0.3) is 0 Å². The van der Waals surface area contributed by atoms with Gasteiger partial charge in [-0.1, -0.05) is 50.2 Å². The van der Waals surface area contributed by atoms with Crippen LogP contribution in [0.4, 0.5) is 0 Å². The van der Waals surface area contributed by atoms with Gasteiger partial charge in [0.15, 0.2) is 0 Å². The van der Waals surface area contributed by atoms with Gasteiger partial charge >= 0.3 is 0 Å². The van der Waals surface area contributed by atoms with Gasteiger partial charge in [0.2, 0.25) is 5.91 Å². The molecule has 1 aliphatic heterocycles. The first-order valence-corrected chi connectivity index (χ1v) is 11.0. The lowest BCUT2D eigenvalue weighted by Gasteiger charge is -2.31. The van der Waals surface area contributed by atoms with Crippen LogP contribution in [0.2, 0.25) is 0 Å². The van der Waals surface area contributed by atoms with E-state index in [1.165, 1.54) is 17.7 Å². The maximum absolute atomic E-state index is 13.2. The van der Waals surface area contributed by atoms with Crippen molar-refractivity contribution >= 4 is 17.2 Å². The molecule has 1 aromatic heterocycles. The standard InChI is InChI=1S/C22H31N3OS/c1-3-24(4-2)21(18-11-6-5-7-12-18)22(26)23-17-19(20-13-10-16-27-20)25-14-8-9-15-25/h5-7,10-13,16,19,21H,3-4,8-9,14-15,17H2,1-2H3,(H,23,26). The molecule has 2 heterocycles. The number of likely N-dealkylation sites (tertiary alicyclic amines) is 1. The van der Waals surface area contributed by atoms with Crippen LogP contribution in [0.1, 0.15) is 49.2 Å². The Morgan fingerprint density at radius 1 is 1.11 bits per heavy atom. The Morgan fingerprint density at radius 2 is 1.81 bits per heavy atom. The van der Waals surface area contributed by atoms with Crippen molar-refractivity contribution in [1.29, 1.82) is 0 Å². The van der Waals surface area contributed by atoms with E-state index in [0.717, 1.165) is 31.7 Å². The normalized spacial score (nSPS) is 17.1. The van der Waals surface area contributed by atoms with E-state index >= 15 is 0 Å². The second-order valence-corrected chi connectivity index (χ2v) is 8.03. The lowest BCUT2D eigenvalue weighted by molar-refractivity contribution is -0.126. The number of thiophene rings is 1. The number of hydrogen-bond donors (Lipinski definition) is 1. The zero-order valence-electron chi connectivity index (χ0n) is 16.4. The van der Waals surface area contributed by atoms with Crippen LogP contribution in [0, 0.1) is 0 Å². The van der Waals surface area contributed by atoms with Crippen LogP contribution >= 0.6 is 11.3 Å². The van der Waals surface area contributed by atoms with Crippen LogP contribution < -0.4 is 5.32 Å².